The molecule has 0 saturated carbocycles. The fourth-order valence-corrected chi connectivity index (χ4v) is 3.06. The van der Waals surface area contributed by atoms with E-state index in [1.54, 1.807) is 36.4 Å². The minimum Gasteiger partial charge on any atom is -0.455 e. The predicted octanol–water partition coefficient (Wildman–Crippen LogP) is 3.38. The van der Waals surface area contributed by atoms with Crippen LogP contribution >= 0.6 is 11.6 Å². The number of amides is 1. The molecule has 0 aliphatic rings. The highest BCUT2D eigenvalue weighted by atomic mass is 35.5. The molecule has 0 radical (unpaired) electrons. The van der Waals surface area contributed by atoms with Crippen LogP contribution in [0.4, 0.5) is 0 Å². The lowest BCUT2D eigenvalue weighted by atomic mass is 10.3. The van der Waals surface area contributed by atoms with Gasteiger partial charge in [0.05, 0.1) is 16.6 Å². The van der Waals surface area contributed by atoms with Gasteiger partial charge in [0.1, 0.15) is 5.76 Å². The fraction of sp³-hybridized carbons (Fsp3) is 0.267. The predicted molar refractivity (Wildman–Crippen MR) is 82.9 cm³/mol. The Morgan fingerprint density at radius 3 is 2.76 bits per heavy atom. The molecule has 2 aromatic rings. The van der Waals surface area contributed by atoms with E-state index in [9.17, 15) is 9.00 Å². The third kappa shape index (κ3) is 4.44. The molecule has 0 aliphatic heterocycles. The van der Waals surface area contributed by atoms with Crippen molar-refractivity contribution in [3.8, 4) is 0 Å². The quantitative estimate of drug-likeness (QED) is 0.916. The average molecular weight is 326 g/mol. The Morgan fingerprint density at radius 1 is 1.33 bits per heavy atom. The van der Waals surface area contributed by atoms with Crippen LogP contribution in [0.15, 0.2) is 45.7 Å². The standard InChI is InChI=1S/C15H16ClNO3S/c1-10(2)17-15(18)14-7-6-12(20-14)9-21(19)13-5-3-4-11(16)8-13/h3-8,10H,9H2,1-2H3,(H,17,18). The van der Waals surface area contributed by atoms with E-state index < -0.39 is 10.8 Å². The minimum absolute atomic E-state index is 0.0339. The fourth-order valence-electron chi connectivity index (χ4n) is 1.73. The Balaban J connectivity index is 2.05. The van der Waals surface area contributed by atoms with E-state index in [2.05, 4.69) is 5.32 Å². The molecule has 1 atom stereocenters. The first-order valence-corrected chi connectivity index (χ1v) is 8.19. The third-order valence-corrected chi connectivity index (χ3v) is 4.20. The lowest BCUT2D eigenvalue weighted by Crippen LogP contribution is -2.29. The number of carbonyl (C=O) groups is 1. The normalized spacial score (nSPS) is 12.4. The van der Waals surface area contributed by atoms with Crippen LogP contribution in [-0.2, 0) is 16.6 Å². The highest BCUT2D eigenvalue weighted by molar-refractivity contribution is 7.84. The van der Waals surface area contributed by atoms with Gasteiger partial charge in [-0.05, 0) is 44.2 Å². The molecule has 1 aromatic carbocycles. The van der Waals surface area contributed by atoms with E-state index in [0.717, 1.165) is 0 Å². The molecular formula is C15H16ClNO3S. The first-order chi connectivity index (χ1) is 9.95. The number of nitrogens with one attached hydrogen (secondary N) is 1. The summed E-state index contributed by atoms with van der Waals surface area (Å²) in [5.41, 5.74) is 0. The molecule has 1 aromatic heterocycles. The molecule has 1 N–H and O–H groups in total. The van der Waals surface area contributed by atoms with Gasteiger partial charge < -0.3 is 9.73 Å². The zero-order valence-electron chi connectivity index (χ0n) is 11.8. The van der Waals surface area contributed by atoms with Gasteiger partial charge >= 0.3 is 0 Å². The van der Waals surface area contributed by atoms with Crippen LogP contribution in [0.25, 0.3) is 0 Å². The highest BCUT2D eigenvalue weighted by Gasteiger charge is 2.14. The van der Waals surface area contributed by atoms with Gasteiger partial charge in [-0.25, -0.2) is 0 Å². The van der Waals surface area contributed by atoms with Gasteiger partial charge in [-0.3, -0.25) is 9.00 Å². The third-order valence-electron chi connectivity index (χ3n) is 2.64. The largest absolute Gasteiger partial charge is 0.455 e. The summed E-state index contributed by atoms with van der Waals surface area (Å²) < 4.78 is 17.6. The van der Waals surface area contributed by atoms with Gasteiger partial charge in [0.15, 0.2) is 5.76 Å². The van der Waals surface area contributed by atoms with Crippen LogP contribution in [0.3, 0.4) is 0 Å². The summed E-state index contributed by atoms with van der Waals surface area (Å²) in [6, 6.07) is 10.2. The topological polar surface area (TPSA) is 59.3 Å². The second-order valence-corrected chi connectivity index (χ2v) is 6.73. The van der Waals surface area contributed by atoms with Gasteiger partial charge in [0, 0.05) is 16.0 Å². The number of rotatable bonds is 5. The van der Waals surface area contributed by atoms with Crippen LogP contribution in [-0.4, -0.2) is 16.2 Å². The summed E-state index contributed by atoms with van der Waals surface area (Å²) in [6.45, 7) is 3.74. The molecule has 1 unspecified atom stereocenters. The molecule has 0 saturated heterocycles. The molecule has 2 rings (SSSR count). The second kappa shape index (κ2) is 6.91. The first kappa shape index (κ1) is 15.8. The van der Waals surface area contributed by atoms with Crippen molar-refractivity contribution in [1.82, 2.24) is 5.32 Å². The molecule has 0 aliphatic carbocycles. The molecule has 6 heteroatoms. The second-order valence-electron chi connectivity index (χ2n) is 4.84. The summed E-state index contributed by atoms with van der Waals surface area (Å²) in [5.74, 6) is 0.656. The minimum atomic E-state index is -1.27. The molecule has 112 valence electrons. The van der Waals surface area contributed by atoms with Crippen molar-refractivity contribution < 1.29 is 13.4 Å². The van der Waals surface area contributed by atoms with E-state index >= 15 is 0 Å². The number of furan rings is 1. The molecule has 1 amide bonds. The van der Waals surface area contributed by atoms with E-state index in [4.69, 9.17) is 16.0 Å². The summed E-state index contributed by atoms with van der Waals surface area (Å²) >= 11 is 5.88. The molecule has 21 heavy (non-hydrogen) atoms. The molecular weight excluding hydrogens is 310 g/mol. The molecule has 0 fully saturated rings. The number of benzene rings is 1. The van der Waals surface area contributed by atoms with Crippen molar-refractivity contribution in [3.63, 3.8) is 0 Å². The van der Waals surface area contributed by atoms with Crippen molar-refractivity contribution in [2.24, 2.45) is 0 Å². The van der Waals surface area contributed by atoms with Crippen molar-refractivity contribution in [1.29, 1.82) is 0 Å². The van der Waals surface area contributed by atoms with E-state index in [1.165, 1.54) is 0 Å². The number of hydrogen-bond acceptors (Lipinski definition) is 3. The van der Waals surface area contributed by atoms with Crippen molar-refractivity contribution >= 4 is 28.3 Å². The number of carbonyl (C=O) groups excluding carboxylic acids is 1. The lowest BCUT2D eigenvalue weighted by Gasteiger charge is -2.05. The van der Waals surface area contributed by atoms with Gasteiger partial charge in [-0.15, -0.1) is 0 Å². The Morgan fingerprint density at radius 2 is 2.10 bits per heavy atom. The Kier molecular flexibility index (Phi) is 5.20. The van der Waals surface area contributed by atoms with E-state index in [1.807, 2.05) is 13.8 Å². The molecule has 0 bridgehead atoms. The molecule has 4 nitrogen and oxygen atoms in total. The van der Waals surface area contributed by atoms with Crippen LogP contribution in [0.5, 0.6) is 0 Å². The van der Waals surface area contributed by atoms with Crippen LogP contribution in [0, 0.1) is 0 Å². The lowest BCUT2D eigenvalue weighted by molar-refractivity contribution is 0.0913. The smallest absolute Gasteiger partial charge is 0.287 e. The Bertz CT molecular complexity index is 666. The van der Waals surface area contributed by atoms with Crippen LogP contribution in [0.2, 0.25) is 5.02 Å². The monoisotopic (exact) mass is 325 g/mol. The van der Waals surface area contributed by atoms with Crippen molar-refractivity contribution in [2.75, 3.05) is 0 Å². The zero-order chi connectivity index (χ0) is 15.4. The first-order valence-electron chi connectivity index (χ1n) is 6.49. The zero-order valence-corrected chi connectivity index (χ0v) is 13.3. The van der Waals surface area contributed by atoms with Gasteiger partial charge in [-0.2, -0.15) is 0 Å². The van der Waals surface area contributed by atoms with Crippen molar-refractivity contribution in [2.45, 2.75) is 30.5 Å². The van der Waals surface area contributed by atoms with E-state index in [0.29, 0.717) is 15.7 Å². The summed E-state index contributed by atoms with van der Waals surface area (Å²) in [4.78, 5) is 12.4. The number of hydrogen-bond donors (Lipinski definition) is 1. The van der Waals surface area contributed by atoms with Crippen LogP contribution in [0.1, 0.15) is 30.2 Å². The Labute approximate surface area is 130 Å². The highest BCUT2D eigenvalue weighted by Crippen LogP contribution is 2.18. The van der Waals surface area contributed by atoms with Gasteiger partial charge in [0.25, 0.3) is 5.91 Å². The van der Waals surface area contributed by atoms with Gasteiger partial charge in [-0.1, -0.05) is 17.7 Å². The summed E-state index contributed by atoms with van der Waals surface area (Å²) in [6.07, 6.45) is 0. The SMILES string of the molecule is CC(C)NC(=O)c1ccc(CS(=O)c2cccc(Cl)c2)o1. The number of halogens is 1. The molecule has 0 spiro atoms. The summed E-state index contributed by atoms with van der Waals surface area (Å²) in [7, 11) is -1.27. The maximum absolute atomic E-state index is 12.2. The van der Waals surface area contributed by atoms with Crippen LogP contribution < -0.4 is 5.32 Å². The van der Waals surface area contributed by atoms with Gasteiger partial charge in [0.2, 0.25) is 0 Å². The average Bonchev–Trinajstić information content (AvgIpc) is 2.86. The van der Waals surface area contributed by atoms with E-state index in [-0.39, 0.29) is 23.5 Å². The maximum Gasteiger partial charge on any atom is 0.287 e. The summed E-state index contributed by atoms with van der Waals surface area (Å²) in [5, 5.41) is 3.28. The van der Waals surface area contributed by atoms with Crippen molar-refractivity contribution in [3.05, 3.63) is 52.9 Å². The molecule has 1 heterocycles. The Hall–Kier alpha value is -1.59. The maximum atomic E-state index is 12.2.